The van der Waals surface area contributed by atoms with Crippen LogP contribution in [0.1, 0.15) is 24.5 Å². The number of nitrogens with zero attached hydrogens (tertiary/aromatic N) is 3. The molecule has 1 aliphatic carbocycles. The highest BCUT2D eigenvalue weighted by Crippen LogP contribution is 2.40. The second-order valence-electron chi connectivity index (χ2n) is 4.13. The number of anilines is 2. The Morgan fingerprint density at radius 1 is 1.58 bits per heavy atom. The number of aromatic nitrogens is 3. The number of carbonyl (C=O) groups is 1. The monoisotopic (exact) mass is 297 g/mol. The summed E-state index contributed by atoms with van der Waals surface area (Å²) < 4.78 is 5.73. The van der Waals surface area contributed by atoms with E-state index in [2.05, 4.69) is 20.7 Å². The summed E-state index contributed by atoms with van der Waals surface area (Å²) in [6.45, 7) is 0. The van der Waals surface area contributed by atoms with E-state index < -0.39 is 0 Å². The van der Waals surface area contributed by atoms with Gasteiger partial charge in [-0.15, -0.1) is 10.2 Å². The third-order valence-corrected chi connectivity index (χ3v) is 4.42. The maximum atomic E-state index is 11.7. The lowest BCUT2D eigenvalue weighted by Gasteiger charge is -1.98. The Kier molecular flexibility index (Phi) is 3.38. The Morgan fingerprint density at radius 2 is 2.42 bits per heavy atom. The van der Waals surface area contributed by atoms with Gasteiger partial charge in [-0.1, -0.05) is 28.3 Å². The standard InChI is InChI=1S/C10H11N5O2S2/c11-9-13-14-10(19-9)18-4-7(16)12-8-3-6(15-17-8)5-1-2-5/h3,5H,1-2,4H2,(H2,11,13)(H,12,16). The summed E-state index contributed by atoms with van der Waals surface area (Å²) in [4.78, 5) is 11.7. The summed E-state index contributed by atoms with van der Waals surface area (Å²) in [6.07, 6.45) is 2.29. The summed E-state index contributed by atoms with van der Waals surface area (Å²) in [6, 6.07) is 1.78. The van der Waals surface area contributed by atoms with Gasteiger partial charge >= 0.3 is 0 Å². The van der Waals surface area contributed by atoms with Crippen LogP contribution in [0.2, 0.25) is 0 Å². The van der Waals surface area contributed by atoms with Crippen molar-refractivity contribution in [3.8, 4) is 0 Å². The molecule has 0 unspecified atom stereocenters. The average Bonchev–Trinajstić information content (AvgIpc) is 3.00. The zero-order valence-corrected chi connectivity index (χ0v) is 11.5. The minimum absolute atomic E-state index is 0.169. The third-order valence-electron chi connectivity index (χ3n) is 2.54. The maximum Gasteiger partial charge on any atom is 0.237 e. The number of thioether (sulfide) groups is 1. The normalized spacial score (nSPS) is 14.5. The van der Waals surface area contributed by atoms with Crippen LogP contribution in [0.5, 0.6) is 0 Å². The van der Waals surface area contributed by atoms with Gasteiger partial charge in [-0.3, -0.25) is 10.1 Å². The van der Waals surface area contributed by atoms with Gasteiger partial charge in [0.25, 0.3) is 0 Å². The Balaban J connectivity index is 1.49. The van der Waals surface area contributed by atoms with Crippen molar-refractivity contribution in [3.63, 3.8) is 0 Å². The zero-order valence-electron chi connectivity index (χ0n) is 9.83. The van der Waals surface area contributed by atoms with Gasteiger partial charge in [0.1, 0.15) is 0 Å². The number of nitrogens with one attached hydrogen (secondary N) is 1. The van der Waals surface area contributed by atoms with E-state index in [4.69, 9.17) is 10.3 Å². The van der Waals surface area contributed by atoms with Crippen LogP contribution < -0.4 is 11.1 Å². The first-order valence-corrected chi connectivity index (χ1v) is 7.49. The Bertz CT molecular complexity index is 592. The smallest absolute Gasteiger partial charge is 0.237 e. The summed E-state index contributed by atoms with van der Waals surface area (Å²) >= 11 is 2.54. The Morgan fingerprint density at radius 3 is 3.11 bits per heavy atom. The van der Waals surface area contributed by atoms with Gasteiger partial charge in [-0.2, -0.15) is 0 Å². The summed E-state index contributed by atoms with van der Waals surface area (Å²) in [5.74, 6) is 0.961. The molecule has 1 aliphatic rings. The zero-order chi connectivity index (χ0) is 13.2. The lowest BCUT2D eigenvalue weighted by molar-refractivity contribution is -0.113. The first-order chi connectivity index (χ1) is 9.20. The van der Waals surface area contributed by atoms with Crippen molar-refractivity contribution in [1.82, 2.24) is 15.4 Å². The second kappa shape index (κ2) is 5.17. The number of nitrogens with two attached hydrogens (primary N) is 1. The highest BCUT2D eigenvalue weighted by atomic mass is 32.2. The van der Waals surface area contributed by atoms with Gasteiger partial charge in [0.2, 0.25) is 16.9 Å². The van der Waals surface area contributed by atoms with E-state index in [9.17, 15) is 4.79 Å². The van der Waals surface area contributed by atoms with Crippen molar-refractivity contribution in [2.75, 3.05) is 16.8 Å². The fourth-order valence-electron chi connectivity index (χ4n) is 1.50. The van der Waals surface area contributed by atoms with Crippen molar-refractivity contribution >= 4 is 40.0 Å². The fourth-order valence-corrected chi connectivity index (χ4v) is 2.93. The van der Waals surface area contributed by atoms with Crippen LogP contribution in [0.25, 0.3) is 0 Å². The predicted octanol–water partition coefficient (Wildman–Crippen LogP) is 1.72. The molecule has 0 aliphatic heterocycles. The van der Waals surface area contributed by atoms with Crippen LogP contribution in [-0.4, -0.2) is 27.0 Å². The van der Waals surface area contributed by atoms with Gasteiger partial charge < -0.3 is 10.3 Å². The van der Waals surface area contributed by atoms with E-state index >= 15 is 0 Å². The quantitative estimate of drug-likeness (QED) is 0.809. The van der Waals surface area contributed by atoms with E-state index in [1.54, 1.807) is 6.07 Å². The van der Waals surface area contributed by atoms with Gasteiger partial charge in [-0.25, -0.2) is 0 Å². The summed E-state index contributed by atoms with van der Waals surface area (Å²) in [5.41, 5.74) is 6.37. The summed E-state index contributed by atoms with van der Waals surface area (Å²) in [7, 11) is 0. The molecule has 1 amide bonds. The molecule has 0 spiro atoms. The van der Waals surface area contributed by atoms with Gasteiger partial charge in [-0.05, 0) is 12.8 Å². The molecule has 3 rings (SSSR count). The van der Waals surface area contributed by atoms with E-state index in [0.29, 0.717) is 21.3 Å². The number of amides is 1. The lowest BCUT2D eigenvalue weighted by atomic mass is 10.3. The molecule has 1 fully saturated rings. The molecule has 1 saturated carbocycles. The van der Waals surface area contributed by atoms with Crippen LogP contribution in [0.3, 0.4) is 0 Å². The van der Waals surface area contributed by atoms with E-state index in [-0.39, 0.29) is 11.7 Å². The molecule has 0 atom stereocenters. The average molecular weight is 297 g/mol. The maximum absolute atomic E-state index is 11.7. The largest absolute Gasteiger partial charge is 0.374 e. The number of nitrogen functional groups attached to an aromatic ring is 1. The molecular formula is C10H11N5O2S2. The molecule has 0 radical (unpaired) electrons. The molecule has 9 heteroatoms. The van der Waals surface area contributed by atoms with Crippen molar-refractivity contribution < 1.29 is 9.32 Å². The number of hydrogen-bond donors (Lipinski definition) is 2. The van der Waals surface area contributed by atoms with Crippen LogP contribution >= 0.6 is 23.1 Å². The minimum atomic E-state index is -0.169. The molecule has 0 aromatic carbocycles. The second-order valence-corrected chi connectivity index (χ2v) is 6.36. The van der Waals surface area contributed by atoms with Crippen molar-refractivity contribution in [1.29, 1.82) is 0 Å². The van der Waals surface area contributed by atoms with E-state index in [0.717, 1.165) is 18.5 Å². The molecule has 2 aromatic heterocycles. The molecule has 7 nitrogen and oxygen atoms in total. The molecule has 0 saturated heterocycles. The van der Waals surface area contributed by atoms with Crippen LogP contribution in [0.15, 0.2) is 14.9 Å². The first-order valence-electron chi connectivity index (χ1n) is 5.69. The SMILES string of the molecule is Nc1nnc(SCC(=O)Nc2cc(C3CC3)no2)s1. The lowest BCUT2D eigenvalue weighted by Crippen LogP contribution is -2.13. The fraction of sp³-hybridized carbons (Fsp3) is 0.400. The predicted molar refractivity (Wildman–Crippen MR) is 72.2 cm³/mol. The van der Waals surface area contributed by atoms with E-state index in [1.165, 1.54) is 23.1 Å². The molecule has 2 heterocycles. The topological polar surface area (TPSA) is 107 Å². The molecule has 100 valence electrons. The van der Waals surface area contributed by atoms with Crippen molar-refractivity contribution in [3.05, 3.63) is 11.8 Å². The van der Waals surface area contributed by atoms with Gasteiger partial charge in [0.15, 0.2) is 4.34 Å². The third kappa shape index (κ3) is 3.24. The molecule has 2 aromatic rings. The van der Waals surface area contributed by atoms with Crippen LogP contribution in [0.4, 0.5) is 11.0 Å². The van der Waals surface area contributed by atoms with E-state index in [1.807, 2.05) is 0 Å². The highest BCUT2D eigenvalue weighted by Gasteiger charge is 2.27. The number of rotatable bonds is 5. The Labute approximate surface area is 116 Å². The molecule has 0 bridgehead atoms. The number of carbonyl (C=O) groups excluding carboxylic acids is 1. The first kappa shape index (κ1) is 12.4. The summed E-state index contributed by atoms with van der Waals surface area (Å²) in [5, 5.41) is 14.5. The van der Waals surface area contributed by atoms with Crippen LogP contribution in [0, 0.1) is 0 Å². The highest BCUT2D eigenvalue weighted by molar-refractivity contribution is 8.01. The van der Waals surface area contributed by atoms with Gasteiger partial charge in [0.05, 0.1) is 11.4 Å². The Hall–Kier alpha value is -1.61. The molecule has 3 N–H and O–H groups in total. The number of hydrogen-bond acceptors (Lipinski definition) is 8. The van der Waals surface area contributed by atoms with Gasteiger partial charge in [0, 0.05) is 12.0 Å². The van der Waals surface area contributed by atoms with Crippen molar-refractivity contribution in [2.45, 2.75) is 23.1 Å². The minimum Gasteiger partial charge on any atom is -0.374 e. The molecule has 19 heavy (non-hydrogen) atoms. The molecular weight excluding hydrogens is 286 g/mol. The van der Waals surface area contributed by atoms with Crippen molar-refractivity contribution in [2.24, 2.45) is 0 Å². The van der Waals surface area contributed by atoms with Crippen LogP contribution in [-0.2, 0) is 4.79 Å².